The summed E-state index contributed by atoms with van der Waals surface area (Å²) in [4.78, 5) is 25.0. The van der Waals surface area contributed by atoms with E-state index in [1.54, 1.807) is 0 Å². The maximum Gasteiger partial charge on any atom is 0.303 e. The van der Waals surface area contributed by atoms with Crippen LogP contribution in [0, 0.1) is 0 Å². The molecule has 0 radical (unpaired) electrons. The number of benzene rings is 2. The van der Waals surface area contributed by atoms with E-state index >= 15 is 0 Å². The van der Waals surface area contributed by atoms with Gasteiger partial charge in [0, 0.05) is 44.0 Å². The summed E-state index contributed by atoms with van der Waals surface area (Å²) in [7, 11) is 0. The Morgan fingerprint density at radius 1 is 0.923 bits per heavy atom. The van der Waals surface area contributed by atoms with Crippen LogP contribution in [0.2, 0.25) is 0 Å². The Hall–Kier alpha value is -2.82. The summed E-state index contributed by atoms with van der Waals surface area (Å²) in [6.07, 6.45) is 3.40. The summed E-state index contributed by atoms with van der Waals surface area (Å²) in [6, 6.07) is 15.8. The van der Waals surface area contributed by atoms with Crippen molar-refractivity contribution in [2.45, 2.75) is 82.6 Å². The van der Waals surface area contributed by atoms with E-state index in [9.17, 15) is 19.8 Å². The highest BCUT2D eigenvalue weighted by Gasteiger charge is 2.35. The molecule has 4 atom stereocenters. The molecule has 2 fully saturated rings. The number of likely N-dealkylation sites (tertiary alicyclic amines) is 1. The molecular formula is C30H40N2O7. The van der Waals surface area contributed by atoms with Crippen molar-refractivity contribution in [2.24, 2.45) is 0 Å². The fraction of sp³-hybridized carbons (Fsp3) is 0.533. The highest BCUT2D eigenvalue weighted by molar-refractivity contribution is 5.75. The van der Waals surface area contributed by atoms with E-state index in [0.29, 0.717) is 32.2 Å². The zero-order valence-electron chi connectivity index (χ0n) is 22.3. The van der Waals surface area contributed by atoms with Crippen molar-refractivity contribution >= 4 is 11.9 Å². The Bertz CT molecular complexity index is 1060. The molecule has 2 aromatic rings. The minimum atomic E-state index is -0.843. The van der Waals surface area contributed by atoms with Gasteiger partial charge in [-0.2, -0.15) is 0 Å². The summed E-state index contributed by atoms with van der Waals surface area (Å²) in [5.74, 6) is -0.937. The Kier molecular flexibility index (Phi) is 10.9. The molecule has 9 heteroatoms. The number of hydrogen-bond donors (Lipinski definition) is 4. The average Bonchev–Trinajstić information content (AvgIpc) is 3.41. The largest absolute Gasteiger partial charge is 0.481 e. The van der Waals surface area contributed by atoms with Crippen molar-refractivity contribution < 1.29 is 34.4 Å². The van der Waals surface area contributed by atoms with Crippen LogP contribution in [0.15, 0.2) is 48.5 Å². The molecule has 2 heterocycles. The van der Waals surface area contributed by atoms with Crippen LogP contribution in [0.1, 0.15) is 79.6 Å². The number of amides is 1. The minimum absolute atomic E-state index is 0.00476. The van der Waals surface area contributed by atoms with Crippen LogP contribution >= 0.6 is 0 Å². The minimum Gasteiger partial charge on any atom is -0.481 e. The number of carbonyl (C=O) groups excluding carboxylic acids is 1. The highest BCUT2D eigenvalue weighted by Crippen LogP contribution is 2.38. The van der Waals surface area contributed by atoms with E-state index in [-0.39, 0.29) is 43.8 Å². The number of aliphatic carboxylic acids is 1. The maximum atomic E-state index is 12.1. The third kappa shape index (κ3) is 8.58. The number of carboxylic acids is 1. The van der Waals surface area contributed by atoms with Crippen molar-refractivity contribution in [3.8, 4) is 0 Å². The van der Waals surface area contributed by atoms with Crippen molar-refractivity contribution in [1.29, 1.82) is 0 Å². The Labute approximate surface area is 229 Å². The third-order valence-corrected chi connectivity index (χ3v) is 7.55. The van der Waals surface area contributed by atoms with Crippen LogP contribution in [-0.4, -0.2) is 63.9 Å². The molecular weight excluding hydrogens is 500 g/mol. The summed E-state index contributed by atoms with van der Waals surface area (Å²) < 4.78 is 12.9. The molecule has 9 nitrogen and oxygen atoms in total. The van der Waals surface area contributed by atoms with Crippen LogP contribution in [0.5, 0.6) is 0 Å². The molecule has 2 aliphatic heterocycles. The van der Waals surface area contributed by atoms with Crippen molar-refractivity contribution in [3.63, 3.8) is 0 Å². The fourth-order valence-electron chi connectivity index (χ4n) is 5.28. The Balaban J connectivity index is 1.38. The predicted octanol–water partition coefficient (Wildman–Crippen LogP) is 3.44. The van der Waals surface area contributed by atoms with Gasteiger partial charge in [0.15, 0.2) is 6.29 Å². The number of ether oxygens (including phenoxy) is 2. The van der Waals surface area contributed by atoms with E-state index < -0.39 is 12.3 Å². The van der Waals surface area contributed by atoms with E-state index in [1.807, 2.05) is 48.5 Å². The van der Waals surface area contributed by atoms with E-state index in [2.05, 4.69) is 10.2 Å². The second-order valence-corrected chi connectivity index (χ2v) is 10.4. The van der Waals surface area contributed by atoms with E-state index in [1.165, 1.54) is 0 Å². The lowest BCUT2D eigenvalue weighted by Gasteiger charge is -2.38. The normalized spacial score (nSPS) is 23.5. The summed E-state index contributed by atoms with van der Waals surface area (Å²) >= 11 is 0. The molecule has 39 heavy (non-hydrogen) atoms. The maximum absolute atomic E-state index is 12.1. The van der Waals surface area contributed by atoms with Gasteiger partial charge in [-0.05, 0) is 48.9 Å². The van der Waals surface area contributed by atoms with Gasteiger partial charge in [-0.3, -0.25) is 14.5 Å². The topological polar surface area (TPSA) is 129 Å². The lowest BCUT2D eigenvalue weighted by atomic mass is 9.99. The van der Waals surface area contributed by atoms with Crippen molar-refractivity contribution in [2.75, 3.05) is 19.7 Å². The quantitative estimate of drug-likeness (QED) is 0.285. The van der Waals surface area contributed by atoms with Gasteiger partial charge in [0.05, 0.1) is 25.4 Å². The van der Waals surface area contributed by atoms with Gasteiger partial charge in [0.2, 0.25) is 5.91 Å². The predicted molar refractivity (Wildman–Crippen MR) is 144 cm³/mol. The van der Waals surface area contributed by atoms with Gasteiger partial charge in [-0.1, -0.05) is 48.5 Å². The third-order valence-electron chi connectivity index (χ3n) is 7.55. The lowest BCUT2D eigenvalue weighted by molar-refractivity contribution is -0.253. The molecule has 212 valence electrons. The number of aliphatic hydroxyl groups is 2. The van der Waals surface area contributed by atoms with Gasteiger partial charge in [-0.25, -0.2) is 0 Å². The van der Waals surface area contributed by atoms with Crippen LogP contribution in [0.4, 0.5) is 0 Å². The van der Waals surface area contributed by atoms with Crippen LogP contribution in [-0.2, 0) is 32.2 Å². The first kappa shape index (κ1) is 29.2. The zero-order valence-corrected chi connectivity index (χ0v) is 22.3. The lowest BCUT2D eigenvalue weighted by Crippen LogP contribution is -2.42. The number of unbranched alkanes of at least 4 members (excludes halogenated alkanes) is 1. The highest BCUT2D eigenvalue weighted by atomic mass is 16.7. The summed E-state index contributed by atoms with van der Waals surface area (Å²) in [6.45, 7) is 2.22. The van der Waals surface area contributed by atoms with Crippen molar-refractivity contribution in [1.82, 2.24) is 10.2 Å². The molecule has 0 spiro atoms. The molecule has 0 unspecified atom stereocenters. The second kappa shape index (κ2) is 14.5. The molecule has 4 rings (SSSR count). The molecule has 0 aromatic heterocycles. The molecule has 0 bridgehead atoms. The SMILES string of the molecule is O=C(O)CCCCC(=O)NCc1ccc([C@H]2O[C@@H](CN3CCC[C@H]3CO)C[C@@H](c3ccc(CO)cc3)O2)cc1. The molecule has 2 aromatic carbocycles. The van der Waals surface area contributed by atoms with Crippen LogP contribution in [0.25, 0.3) is 0 Å². The zero-order chi connectivity index (χ0) is 27.6. The van der Waals surface area contributed by atoms with Gasteiger partial charge < -0.3 is 30.1 Å². The van der Waals surface area contributed by atoms with E-state index in [4.69, 9.17) is 14.6 Å². The standard InChI is InChI=1S/C30H40N2O7/c33-19-22-9-11-23(12-10-22)27-16-26(18-32-15-3-4-25(32)20-34)38-30(39-27)24-13-7-21(8-14-24)17-31-28(35)5-1-2-6-29(36)37/h7-14,25-27,30,33-34H,1-6,15-20H2,(H,31,35)(H,36,37)/t25-,26+,27-,30-/m0/s1. The molecule has 1 amide bonds. The first-order chi connectivity index (χ1) is 18.9. The number of carbonyl (C=O) groups is 2. The Morgan fingerprint density at radius 2 is 1.62 bits per heavy atom. The fourth-order valence-corrected chi connectivity index (χ4v) is 5.28. The number of nitrogens with zero attached hydrogens (tertiary/aromatic N) is 1. The average molecular weight is 541 g/mol. The first-order valence-corrected chi connectivity index (χ1v) is 13.9. The molecule has 4 N–H and O–H groups in total. The van der Waals surface area contributed by atoms with Crippen LogP contribution in [0.3, 0.4) is 0 Å². The van der Waals surface area contributed by atoms with Gasteiger partial charge in [-0.15, -0.1) is 0 Å². The number of carboxylic acid groups (broad SMARTS) is 1. The number of aliphatic hydroxyl groups excluding tert-OH is 2. The monoisotopic (exact) mass is 540 g/mol. The summed E-state index contributed by atoms with van der Waals surface area (Å²) in [5.41, 5.74) is 3.72. The smallest absolute Gasteiger partial charge is 0.303 e. The number of hydrogen-bond acceptors (Lipinski definition) is 7. The second-order valence-electron chi connectivity index (χ2n) is 10.4. The summed E-state index contributed by atoms with van der Waals surface area (Å²) in [5, 5.41) is 30.8. The van der Waals surface area contributed by atoms with Gasteiger partial charge in [0.25, 0.3) is 0 Å². The van der Waals surface area contributed by atoms with Gasteiger partial charge in [0.1, 0.15) is 0 Å². The van der Waals surface area contributed by atoms with Gasteiger partial charge >= 0.3 is 5.97 Å². The first-order valence-electron chi connectivity index (χ1n) is 13.9. The van der Waals surface area contributed by atoms with E-state index in [0.717, 1.165) is 48.2 Å². The Morgan fingerprint density at radius 3 is 2.31 bits per heavy atom. The molecule has 2 aliphatic rings. The van der Waals surface area contributed by atoms with Crippen molar-refractivity contribution in [3.05, 3.63) is 70.8 Å². The van der Waals surface area contributed by atoms with Crippen LogP contribution < -0.4 is 5.32 Å². The molecule has 2 saturated heterocycles. The molecule has 0 saturated carbocycles. The number of nitrogens with one attached hydrogen (secondary N) is 1. The molecule has 0 aliphatic carbocycles. The number of rotatable bonds is 13.